The molecule has 2 aliphatic rings. The summed E-state index contributed by atoms with van der Waals surface area (Å²) in [5.74, 6) is 1.60. The average Bonchev–Trinajstić information content (AvgIpc) is 3.21. The van der Waals surface area contributed by atoms with Crippen LogP contribution in [0.15, 0.2) is 79.0 Å². The number of nitrogens with zero attached hydrogens (tertiary/aromatic N) is 1. The van der Waals surface area contributed by atoms with Crippen molar-refractivity contribution in [3.05, 3.63) is 90.1 Å². The Morgan fingerprint density at radius 1 is 1.03 bits per heavy atom. The number of rotatable bonds is 6. The van der Waals surface area contributed by atoms with Gasteiger partial charge in [-0.1, -0.05) is 36.4 Å². The second-order valence-electron chi connectivity index (χ2n) is 8.63. The number of nitrogens with one attached hydrogen (secondary N) is 2. The second-order valence-corrected chi connectivity index (χ2v) is 8.63. The SMILES string of the molecule is CC=CN1CCC[C@@H](Nc2cc3c(c(-c4ccc(Oc5ccccc5)cc4)c2)CNC3=O)C1. The van der Waals surface area contributed by atoms with Gasteiger partial charge in [-0.05, 0) is 79.1 Å². The minimum absolute atomic E-state index is 0.00174. The number of fused-ring (bicyclic) bond motifs is 1. The Morgan fingerprint density at radius 3 is 2.58 bits per heavy atom. The molecule has 1 saturated heterocycles. The van der Waals surface area contributed by atoms with Crippen LogP contribution in [-0.2, 0) is 6.54 Å². The number of hydrogen-bond acceptors (Lipinski definition) is 4. The highest BCUT2D eigenvalue weighted by Crippen LogP contribution is 2.34. The molecule has 0 radical (unpaired) electrons. The summed E-state index contributed by atoms with van der Waals surface area (Å²) in [6, 6.07) is 22.4. The maximum absolute atomic E-state index is 12.5. The monoisotopic (exact) mass is 439 g/mol. The van der Waals surface area contributed by atoms with Gasteiger partial charge in [0.15, 0.2) is 0 Å². The lowest BCUT2D eigenvalue weighted by Gasteiger charge is -2.33. The number of para-hydroxylation sites is 1. The van der Waals surface area contributed by atoms with Crippen LogP contribution < -0.4 is 15.4 Å². The van der Waals surface area contributed by atoms with Crippen LogP contribution in [0.2, 0.25) is 0 Å². The summed E-state index contributed by atoms with van der Waals surface area (Å²) in [6.07, 6.45) is 6.53. The molecule has 2 aliphatic heterocycles. The predicted molar refractivity (Wildman–Crippen MR) is 133 cm³/mol. The third-order valence-corrected chi connectivity index (χ3v) is 6.25. The zero-order valence-electron chi connectivity index (χ0n) is 18.9. The standard InChI is InChI=1S/C28H29N3O2/c1-2-14-31-15-6-7-21(19-31)30-22-16-25(27-18-29-28(32)26(27)17-22)20-10-12-24(13-11-20)33-23-8-4-3-5-9-23/h2-5,8-14,16-17,21,30H,6-7,15,18-19H2,1H3,(H,29,32)/t21-/m1/s1. The first kappa shape index (κ1) is 21.1. The van der Waals surface area contributed by atoms with E-state index >= 15 is 0 Å². The summed E-state index contributed by atoms with van der Waals surface area (Å²) in [4.78, 5) is 14.9. The lowest BCUT2D eigenvalue weighted by atomic mass is 9.95. The number of amides is 1. The van der Waals surface area contributed by atoms with Crippen LogP contribution in [0.25, 0.3) is 11.1 Å². The number of carbonyl (C=O) groups excluding carboxylic acids is 1. The topological polar surface area (TPSA) is 53.6 Å². The Balaban J connectivity index is 1.41. The molecule has 5 heteroatoms. The predicted octanol–water partition coefficient (Wildman–Crippen LogP) is 5.80. The normalized spacial score (nSPS) is 17.7. The van der Waals surface area contributed by atoms with E-state index < -0.39 is 0 Å². The molecule has 1 atom stereocenters. The Bertz CT molecular complexity index is 1160. The fraction of sp³-hybridized carbons (Fsp3) is 0.250. The van der Waals surface area contributed by atoms with Crippen molar-refractivity contribution >= 4 is 11.6 Å². The van der Waals surface area contributed by atoms with Crippen LogP contribution in [0.5, 0.6) is 11.5 Å². The molecule has 0 unspecified atom stereocenters. The van der Waals surface area contributed by atoms with Crippen LogP contribution in [-0.4, -0.2) is 29.9 Å². The number of anilines is 1. The average molecular weight is 440 g/mol. The van der Waals surface area contributed by atoms with Crippen molar-refractivity contribution in [1.29, 1.82) is 0 Å². The van der Waals surface area contributed by atoms with E-state index in [4.69, 9.17) is 4.74 Å². The molecule has 5 rings (SSSR count). The van der Waals surface area contributed by atoms with Crippen molar-refractivity contribution in [2.45, 2.75) is 32.4 Å². The van der Waals surface area contributed by atoms with Crippen molar-refractivity contribution in [1.82, 2.24) is 10.2 Å². The molecular weight excluding hydrogens is 410 g/mol. The molecule has 3 aromatic rings. The number of allylic oxidation sites excluding steroid dienone is 1. The summed E-state index contributed by atoms with van der Waals surface area (Å²) in [6.45, 7) is 4.68. The summed E-state index contributed by atoms with van der Waals surface area (Å²) >= 11 is 0. The molecular formula is C28H29N3O2. The zero-order chi connectivity index (χ0) is 22.6. The van der Waals surface area contributed by atoms with Crippen LogP contribution in [0.1, 0.15) is 35.7 Å². The molecule has 0 spiro atoms. The largest absolute Gasteiger partial charge is 0.457 e. The minimum atomic E-state index is -0.00174. The summed E-state index contributed by atoms with van der Waals surface area (Å²) in [5, 5.41) is 6.68. The van der Waals surface area contributed by atoms with Gasteiger partial charge in [0.05, 0.1) is 0 Å². The number of benzene rings is 3. The summed E-state index contributed by atoms with van der Waals surface area (Å²) in [7, 11) is 0. The lowest BCUT2D eigenvalue weighted by Crippen LogP contribution is -2.39. The van der Waals surface area contributed by atoms with E-state index in [1.165, 1.54) is 0 Å². The Morgan fingerprint density at radius 2 is 1.79 bits per heavy atom. The maximum atomic E-state index is 12.5. The van der Waals surface area contributed by atoms with Crippen LogP contribution in [0.4, 0.5) is 5.69 Å². The van der Waals surface area contributed by atoms with Gasteiger partial charge in [-0.2, -0.15) is 0 Å². The van der Waals surface area contributed by atoms with E-state index in [9.17, 15) is 4.79 Å². The number of carbonyl (C=O) groups is 1. The van der Waals surface area contributed by atoms with Crippen molar-refractivity contribution < 1.29 is 9.53 Å². The molecule has 3 aromatic carbocycles. The summed E-state index contributed by atoms with van der Waals surface area (Å²) < 4.78 is 5.94. The molecule has 0 bridgehead atoms. The zero-order valence-corrected chi connectivity index (χ0v) is 18.9. The summed E-state index contributed by atoms with van der Waals surface area (Å²) in [5.41, 5.74) is 4.98. The molecule has 2 N–H and O–H groups in total. The van der Waals surface area contributed by atoms with Gasteiger partial charge in [0.1, 0.15) is 11.5 Å². The molecule has 1 amide bonds. The van der Waals surface area contributed by atoms with Gasteiger partial charge in [-0.15, -0.1) is 0 Å². The first-order chi connectivity index (χ1) is 16.2. The fourth-order valence-electron chi connectivity index (χ4n) is 4.70. The highest BCUT2D eigenvalue weighted by molar-refractivity contribution is 6.01. The van der Waals surface area contributed by atoms with Crippen LogP contribution >= 0.6 is 0 Å². The lowest BCUT2D eigenvalue weighted by molar-refractivity contribution is 0.0966. The maximum Gasteiger partial charge on any atom is 0.251 e. The van der Waals surface area contributed by atoms with E-state index in [-0.39, 0.29) is 5.91 Å². The number of ether oxygens (including phenoxy) is 1. The van der Waals surface area contributed by atoms with Gasteiger partial charge in [-0.25, -0.2) is 0 Å². The number of likely N-dealkylation sites (tertiary alicyclic amines) is 1. The quantitative estimate of drug-likeness (QED) is 0.510. The molecule has 5 nitrogen and oxygen atoms in total. The Labute approximate surface area is 195 Å². The highest BCUT2D eigenvalue weighted by atomic mass is 16.5. The van der Waals surface area contributed by atoms with Gasteiger partial charge >= 0.3 is 0 Å². The number of piperidine rings is 1. The van der Waals surface area contributed by atoms with Crippen molar-refractivity contribution in [3.8, 4) is 22.6 Å². The molecule has 33 heavy (non-hydrogen) atoms. The minimum Gasteiger partial charge on any atom is -0.457 e. The number of hydrogen-bond donors (Lipinski definition) is 2. The molecule has 0 aromatic heterocycles. The Kier molecular flexibility index (Phi) is 6.03. The van der Waals surface area contributed by atoms with E-state index in [0.29, 0.717) is 12.6 Å². The fourth-order valence-corrected chi connectivity index (χ4v) is 4.70. The first-order valence-corrected chi connectivity index (χ1v) is 11.6. The van der Waals surface area contributed by atoms with Crippen molar-refractivity contribution in [2.75, 3.05) is 18.4 Å². The molecule has 0 saturated carbocycles. The van der Waals surface area contributed by atoms with Crippen LogP contribution in [0, 0.1) is 0 Å². The second kappa shape index (κ2) is 9.41. The van der Waals surface area contributed by atoms with Crippen LogP contribution in [0.3, 0.4) is 0 Å². The van der Waals surface area contributed by atoms with Gasteiger partial charge < -0.3 is 20.3 Å². The molecule has 168 valence electrons. The molecule has 0 aliphatic carbocycles. The Hall–Kier alpha value is -3.73. The van der Waals surface area contributed by atoms with E-state index in [1.807, 2.05) is 48.5 Å². The van der Waals surface area contributed by atoms with Gasteiger partial charge in [0, 0.05) is 36.9 Å². The van der Waals surface area contributed by atoms with Crippen molar-refractivity contribution in [3.63, 3.8) is 0 Å². The van der Waals surface area contributed by atoms with Crippen molar-refractivity contribution in [2.24, 2.45) is 0 Å². The van der Waals surface area contributed by atoms with Gasteiger partial charge in [0.25, 0.3) is 5.91 Å². The van der Waals surface area contributed by atoms with Gasteiger partial charge in [0.2, 0.25) is 0 Å². The smallest absolute Gasteiger partial charge is 0.251 e. The van der Waals surface area contributed by atoms with E-state index in [1.54, 1.807) is 0 Å². The van der Waals surface area contributed by atoms with E-state index in [0.717, 1.165) is 65.4 Å². The third kappa shape index (κ3) is 4.72. The van der Waals surface area contributed by atoms with Gasteiger partial charge in [-0.3, -0.25) is 4.79 Å². The third-order valence-electron chi connectivity index (χ3n) is 6.25. The highest BCUT2D eigenvalue weighted by Gasteiger charge is 2.25. The molecule has 1 fully saturated rings. The molecule has 2 heterocycles. The van der Waals surface area contributed by atoms with E-state index in [2.05, 4.69) is 52.9 Å². The first-order valence-electron chi connectivity index (χ1n) is 11.6.